The van der Waals surface area contributed by atoms with Gasteiger partial charge in [-0.1, -0.05) is 48.5 Å². The minimum absolute atomic E-state index is 0.0380. The Morgan fingerprint density at radius 1 is 1.12 bits per heavy atom. The van der Waals surface area contributed by atoms with Gasteiger partial charge in [-0.15, -0.1) is 0 Å². The van der Waals surface area contributed by atoms with E-state index in [1.54, 1.807) is 6.92 Å². The van der Waals surface area contributed by atoms with Crippen molar-refractivity contribution in [3.05, 3.63) is 66.2 Å². The molecule has 0 aliphatic carbocycles. The molecule has 2 N–H and O–H groups in total. The summed E-state index contributed by atoms with van der Waals surface area (Å²) in [6.07, 6.45) is 0.0380. The Kier molecular flexibility index (Phi) is 5.06. The summed E-state index contributed by atoms with van der Waals surface area (Å²) in [6.45, 7) is 3.24. The van der Waals surface area contributed by atoms with Gasteiger partial charge < -0.3 is 15.1 Å². The Balaban J connectivity index is 1.85. The van der Waals surface area contributed by atoms with Crippen molar-refractivity contribution in [3.63, 3.8) is 0 Å². The lowest BCUT2D eigenvalue weighted by molar-refractivity contribution is -0.140. The zero-order chi connectivity index (χ0) is 17.9. The van der Waals surface area contributed by atoms with Crippen LogP contribution >= 0.6 is 0 Å². The Hall–Kier alpha value is -2.37. The van der Waals surface area contributed by atoms with Gasteiger partial charge in [0.2, 0.25) is 0 Å². The molecule has 5 heteroatoms. The molecule has 2 aromatic rings. The van der Waals surface area contributed by atoms with Gasteiger partial charge in [0.25, 0.3) is 0 Å². The molecule has 25 heavy (non-hydrogen) atoms. The molecule has 1 saturated heterocycles. The van der Waals surface area contributed by atoms with Gasteiger partial charge in [-0.2, -0.15) is 0 Å². The number of para-hydroxylation sites is 1. The lowest BCUT2D eigenvalue weighted by Gasteiger charge is -2.50. The number of hydrogen-bond donors (Lipinski definition) is 2. The SMILES string of the molecule is CC1(O)CN(c2ccccc2)[C@H](CC(=O)O)CN1Cc1ccccc1. The molecule has 132 valence electrons. The highest BCUT2D eigenvalue weighted by atomic mass is 16.4. The quantitative estimate of drug-likeness (QED) is 0.876. The van der Waals surface area contributed by atoms with E-state index >= 15 is 0 Å². The number of carbonyl (C=O) groups is 1. The Bertz CT molecular complexity index is 703. The summed E-state index contributed by atoms with van der Waals surface area (Å²) >= 11 is 0. The molecule has 0 aromatic heterocycles. The second kappa shape index (κ2) is 7.25. The fourth-order valence-corrected chi connectivity index (χ4v) is 3.44. The van der Waals surface area contributed by atoms with Gasteiger partial charge in [0, 0.05) is 18.8 Å². The number of nitrogens with zero attached hydrogens (tertiary/aromatic N) is 2. The number of hydrogen-bond acceptors (Lipinski definition) is 4. The Morgan fingerprint density at radius 3 is 2.32 bits per heavy atom. The van der Waals surface area contributed by atoms with Crippen LogP contribution in [0.1, 0.15) is 18.9 Å². The van der Waals surface area contributed by atoms with Gasteiger partial charge in [-0.05, 0) is 24.6 Å². The van der Waals surface area contributed by atoms with Crippen molar-refractivity contribution >= 4 is 11.7 Å². The fourth-order valence-electron chi connectivity index (χ4n) is 3.44. The number of β-amino-alcohol motifs (C(OH)–C–C–N with tert-alkyl or cyclic N) is 1. The van der Waals surface area contributed by atoms with E-state index in [-0.39, 0.29) is 12.5 Å². The average molecular weight is 340 g/mol. The number of aliphatic carboxylic acids is 1. The van der Waals surface area contributed by atoms with Gasteiger partial charge in [0.15, 0.2) is 0 Å². The molecule has 3 rings (SSSR count). The largest absolute Gasteiger partial charge is 0.481 e. The highest BCUT2D eigenvalue weighted by Crippen LogP contribution is 2.30. The highest BCUT2D eigenvalue weighted by molar-refractivity contribution is 5.69. The van der Waals surface area contributed by atoms with Gasteiger partial charge in [0.1, 0.15) is 5.72 Å². The molecule has 0 bridgehead atoms. The van der Waals surface area contributed by atoms with E-state index in [1.165, 1.54) is 0 Å². The van der Waals surface area contributed by atoms with Crippen LogP contribution in [0.2, 0.25) is 0 Å². The third-order valence-corrected chi connectivity index (χ3v) is 4.74. The first-order valence-corrected chi connectivity index (χ1v) is 8.50. The second-order valence-corrected chi connectivity index (χ2v) is 6.80. The van der Waals surface area contributed by atoms with Crippen LogP contribution in [0.5, 0.6) is 0 Å². The van der Waals surface area contributed by atoms with Crippen molar-refractivity contribution in [1.82, 2.24) is 4.90 Å². The van der Waals surface area contributed by atoms with Crippen LogP contribution in [0, 0.1) is 0 Å². The second-order valence-electron chi connectivity index (χ2n) is 6.80. The number of rotatable bonds is 5. The maximum atomic E-state index is 11.4. The summed E-state index contributed by atoms with van der Waals surface area (Å²) in [4.78, 5) is 15.3. The average Bonchev–Trinajstić information content (AvgIpc) is 2.59. The smallest absolute Gasteiger partial charge is 0.305 e. The normalized spacial score (nSPS) is 24.2. The van der Waals surface area contributed by atoms with Crippen LogP contribution in [-0.2, 0) is 11.3 Å². The highest BCUT2D eigenvalue weighted by Gasteiger charge is 2.41. The molecule has 2 aromatic carbocycles. The predicted molar refractivity (Wildman–Crippen MR) is 97.3 cm³/mol. The molecule has 1 aliphatic heterocycles. The number of carboxylic acid groups (broad SMARTS) is 1. The van der Waals surface area contributed by atoms with Crippen LogP contribution in [0.25, 0.3) is 0 Å². The van der Waals surface area contributed by atoms with Crippen LogP contribution in [-0.4, -0.2) is 45.9 Å². The summed E-state index contributed by atoms with van der Waals surface area (Å²) in [5.41, 5.74) is 0.999. The number of piperazine rings is 1. The van der Waals surface area contributed by atoms with Crippen molar-refractivity contribution in [2.45, 2.75) is 31.7 Å². The molecular weight excluding hydrogens is 316 g/mol. The molecule has 1 heterocycles. The van der Waals surface area contributed by atoms with Gasteiger partial charge in [-0.3, -0.25) is 9.69 Å². The molecule has 1 aliphatic rings. The Morgan fingerprint density at radius 2 is 1.72 bits per heavy atom. The van der Waals surface area contributed by atoms with Gasteiger partial charge >= 0.3 is 5.97 Å². The molecule has 1 fully saturated rings. The van der Waals surface area contributed by atoms with E-state index in [0.29, 0.717) is 19.6 Å². The molecular formula is C20H24N2O3. The molecule has 0 spiro atoms. The van der Waals surface area contributed by atoms with E-state index in [2.05, 4.69) is 0 Å². The van der Waals surface area contributed by atoms with E-state index in [9.17, 15) is 15.0 Å². The molecule has 0 radical (unpaired) electrons. The third kappa shape index (κ3) is 4.18. The summed E-state index contributed by atoms with van der Waals surface area (Å²) in [5.74, 6) is -0.827. The zero-order valence-corrected chi connectivity index (χ0v) is 14.4. The molecule has 5 nitrogen and oxygen atoms in total. The van der Waals surface area contributed by atoms with Crippen molar-refractivity contribution in [2.75, 3.05) is 18.0 Å². The molecule has 2 atom stereocenters. The van der Waals surface area contributed by atoms with Crippen LogP contribution < -0.4 is 4.90 Å². The van der Waals surface area contributed by atoms with Crippen molar-refractivity contribution in [2.24, 2.45) is 0 Å². The fraction of sp³-hybridized carbons (Fsp3) is 0.350. The maximum absolute atomic E-state index is 11.4. The minimum atomic E-state index is -1.04. The van der Waals surface area contributed by atoms with Crippen LogP contribution in [0.4, 0.5) is 5.69 Å². The summed E-state index contributed by atoms with van der Waals surface area (Å²) in [7, 11) is 0. The first kappa shape index (κ1) is 17.5. The lowest BCUT2D eigenvalue weighted by atomic mass is 9.99. The van der Waals surface area contributed by atoms with Crippen LogP contribution in [0.15, 0.2) is 60.7 Å². The molecule has 0 saturated carbocycles. The zero-order valence-electron chi connectivity index (χ0n) is 14.4. The molecule has 0 amide bonds. The summed E-state index contributed by atoms with van der Waals surface area (Å²) in [6, 6.07) is 19.5. The first-order valence-electron chi connectivity index (χ1n) is 8.50. The minimum Gasteiger partial charge on any atom is -0.481 e. The summed E-state index contributed by atoms with van der Waals surface area (Å²) in [5, 5.41) is 20.3. The predicted octanol–water partition coefficient (Wildman–Crippen LogP) is 2.56. The lowest BCUT2D eigenvalue weighted by Crippen LogP contribution is -2.64. The van der Waals surface area contributed by atoms with Crippen molar-refractivity contribution in [3.8, 4) is 0 Å². The van der Waals surface area contributed by atoms with Gasteiger partial charge in [-0.25, -0.2) is 0 Å². The van der Waals surface area contributed by atoms with Crippen molar-refractivity contribution < 1.29 is 15.0 Å². The van der Waals surface area contributed by atoms with E-state index in [0.717, 1.165) is 11.3 Å². The number of benzene rings is 2. The van der Waals surface area contributed by atoms with Gasteiger partial charge in [0.05, 0.1) is 19.0 Å². The van der Waals surface area contributed by atoms with E-state index in [1.807, 2.05) is 70.5 Å². The standard InChI is InChI=1S/C20H24N2O3/c1-20(25)15-22(17-10-6-3-7-11-17)18(12-19(23)24)14-21(20)13-16-8-4-2-5-9-16/h2-11,18,25H,12-15H2,1H3,(H,23,24)/t18-,20?/m1/s1. The number of anilines is 1. The summed E-state index contributed by atoms with van der Waals surface area (Å²) < 4.78 is 0. The Labute approximate surface area is 148 Å². The monoisotopic (exact) mass is 340 g/mol. The van der Waals surface area contributed by atoms with Crippen LogP contribution in [0.3, 0.4) is 0 Å². The first-order chi connectivity index (χ1) is 12.0. The maximum Gasteiger partial charge on any atom is 0.305 e. The van der Waals surface area contributed by atoms with E-state index < -0.39 is 11.7 Å². The number of aliphatic hydroxyl groups is 1. The third-order valence-electron chi connectivity index (χ3n) is 4.74. The number of carboxylic acids is 1. The van der Waals surface area contributed by atoms with E-state index in [4.69, 9.17) is 0 Å². The van der Waals surface area contributed by atoms with Crippen molar-refractivity contribution in [1.29, 1.82) is 0 Å². The molecule has 1 unspecified atom stereocenters. The topological polar surface area (TPSA) is 64.0 Å².